The first-order valence-electron chi connectivity index (χ1n) is 10.0. The van der Waals surface area contributed by atoms with E-state index in [2.05, 4.69) is 35.7 Å². The molecule has 4 heterocycles. The van der Waals surface area contributed by atoms with Crippen molar-refractivity contribution in [2.45, 2.75) is 6.92 Å². The summed E-state index contributed by atoms with van der Waals surface area (Å²) in [5, 5.41) is 17.4. The fourth-order valence-corrected chi connectivity index (χ4v) is 3.95. The summed E-state index contributed by atoms with van der Waals surface area (Å²) in [6.45, 7) is 1.85. The van der Waals surface area contributed by atoms with Crippen LogP contribution >= 0.6 is 0 Å². The SMILES string of the molecule is COc1cccc2oc(-c3c(-c4nn[nH]n4)[nH]n4c(-c5ccccc5)c(C)nc4c3=O)nc12. The average molecular weight is 440 g/mol. The van der Waals surface area contributed by atoms with Crippen LogP contribution in [0.5, 0.6) is 5.75 Å². The van der Waals surface area contributed by atoms with Crippen molar-refractivity contribution in [2.24, 2.45) is 0 Å². The maximum Gasteiger partial charge on any atom is 0.238 e. The highest BCUT2D eigenvalue weighted by Crippen LogP contribution is 2.33. The molecule has 0 saturated carbocycles. The molecule has 0 unspecified atom stereocenters. The average Bonchev–Trinajstić information content (AvgIpc) is 3.57. The van der Waals surface area contributed by atoms with Crippen LogP contribution in [0.15, 0.2) is 57.7 Å². The van der Waals surface area contributed by atoms with E-state index in [1.165, 1.54) is 0 Å². The summed E-state index contributed by atoms with van der Waals surface area (Å²) in [5.74, 6) is 0.813. The zero-order valence-electron chi connectivity index (χ0n) is 17.5. The highest BCUT2D eigenvalue weighted by Gasteiger charge is 2.26. The predicted octanol–water partition coefficient (Wildman–Crippen LogP) is 2.99. The standard InChI is InChI=1S/C22H16N8O3/c1-11-18(12-7-4-3-5-8-12)30-21(23-11)19(31)15(17(27-30)20-25-28-29-26-20)22-24-16-13(32-2)9-6-10-14(16)33-22/h3-10,27H,1-2H3,(H,25,26,28,29). The number of benzene rings is 2. The first-order valence-corrected chi connectivity index (χ1v) is 10.0. The molecule has 0 saturated heterocycles. The molecular formula is C22H16N8O3. The largest absolute Gasteiger partial charge is 0.494 e. The predicted molar refractivity (Wildman–Crippen MR) is 119 cm³/mol. The molecule has 0 aliphatic heterocycles. The number of hydrogen-bond donors (Lipinski definition) is 2. The lowest BCUT2D eigenvalue weighted by Crippen LogP contribution is -2.15. The molecule has 0 aliphatic rings. The van der Waals surface area contributed by atoms with Crippen LogP contribution in [0.1, 0.15) is 5.69 Å². The number of nitrogens with zero attached hydrogens (tertiary/aromatic N) is 6. The maximum atomic E-state index is 13.8. The number of tetrazole rings is 1. The highest BCUT2D eigenvalue weighted by atomic mass is 16.5. The van der Waals surface area contributed by atoms with Crippen LogP contribution < -0.4 is 10.2 Å². The number of aromatic amines is 2. The van der Waals surface area contributed by atoms with Crippen LogP contribution in [-0.4, -0.2) is 47.3 Å². The molecule has 0 bridgehead atoms. The van der Waals surface area contributed by atoms with Crippen LogP contribution in [0.2, 0.25) is 0 Å². The lowest BCUT2D eigenvalue weighted by Gasteiger charge is -2.08. The molecule has 0 amide bonds. The van der Waals surface area contributed by atoms with Crippen molar-refractivity contribution in [3.8, 4) is 40.0 Å². The second kappa shape index (κ2) is 7.12. The van der Waals surface area contributed by atoms with Gasteiger partial charge in [0.05, 0.1) is 18.5 Å². The van der Waals surface area contributed by atoms with Crippen molar-refractivity contribution in [3.63, 3.8) is 0 Å². The quantitative estimate of drug-likeness (QED) is 0.426. The normalized spacial score (nSPS) is 11.5. The zero-order valence-corrected chi connectivity index (χ0v) is 17.5. The number of para-hydroxylation sites is 1. The Bertz CT molecular complexity index is 1680. The summed E-state index contributed by atoms with van der Waals surface area (Å²) < 4.78 is 13.0. The minimum absolute atomic E-state index is 0.0972. The number of nitrogens with one attached hydrogen (secondary N) is 2. The molecule has 11 heteroatoms. The number of imidazole rings is 1. The molecule has 0 aliphatic carbocycles. The summed E-state index contributed by atoms with van der Waals surface area (Å²) in [7, 11) is 1.55. The third kappa shape index (κ3) is 2.82. The first-order chi connectivity index (χ1) is 16.2. The van der Waals surface area contributed by atoms with E-state index in [1.54, 1.807) is 29.8 Å². The van der Waals surface area contributed by atoms with Gasteiger partial charge in [-0.25, -0.2) is 14.5 Å². The Hall–Kier alpha value is -4.80. The van der Waals surface area contributed by atoms with Gasteiger partial charge in [0.1, 0.15) is 17.0 Å². The van der Waals surface area contributed by atoms with Crippen molar-refractivity contribution in [1.29, 1.82) is 0 Å². The number of rotatable bonds is 4. The molecule has 0 radical (unpaired) electrons. The van der Waals surface area contributed by atoms with Gasteiger partial charge in [0.25, 0.3) is 0 Å². The summed E-state index contributed by atoms with van der Waals surface area (Å²) in [6, 6.07) is 15.0. The summed E-state index contributed by atoms with van der Waals surface area (Å²) in [5.41, 5.74) is 3.56. The van der Waals surface area contributed by atoms with Crippen molar-refractivity contribution in [1.82, 2.24) is 40.2 Å². The Morgan fingerprint density at radius 1 is 1.06 bits per heavy atom. The summed E-state index contributed by atoms with van der Waals surface area (Å²) in [4.78, 5) is 22.8. The van der Waals surface area contributed by atoms with E-state index < -0.39 is 0 Å². The van der Waals surface area contributed by atoms with Gasteiger partial charge >= 0.3 is 0 Å². The van der Waals surface area contributed by atoms with Gasteiger partial charge in [-0.05, 0) is 24.3 Å². The van der Waals surface area contributed by atoms with Crippen LogP contribution in [0.25, 0.3) is 51.0 Å². The Morgan fingerprint density at radius 2 is 1.91 bits per heavy atom. The van der Waals surface area contributed by atoms with Gasteiger partial charge in [-0.3, -0.25) is 9.89 Å². The topological polar surface area (TPSA) is 140 Å². The van der Waals surface area contributed by atoms with Crippen molar-refractivity contribution in [3.05, 3.63) is 64.4 Å². The number of fused-ring (bicyclic) bond motifs is 2. The van der Waals surface area contributed by atoms with E-state index in [1.807, 2.05) is 37.3 Å². The van der Waals surface area contributed by atoms with Crippen molar-refractivity contribution >= 4 is 16.7 Å². The number of aromatic nitrogens is 8. The van der Waals surface area contributed by atoms with E-state index in [-0.39, 0.29) is 28.4 Å². The zero-order chi connectivity index (χ0) is 22.5. The first kappa shape index (κ1) is 18.9. The third-order valence-electron chi connectivity index (χ3n) is 5.39. The molecule has 162 valence electrons. The van der Waals surface area contributed by atoms with Gasteiger partial charge in [-0.1, -0.05) is 36.4 Å². The van der Waals surface area contributed by atoms with Gasteiger partial charge in [-0.2, -0.15) is 5.21 Å². The summed E-state index contributed by atoms with van der Waals surface area (Å²) >= 11 is 0. The molecule has 0 spiro atoms. The number of methoxy groups -OCH3 is 1. The molecule has 2 aromatic carbocycles. The Kier molecular flexibility index (Phi) is 4.09. The molecule has 0 fully saturated rings. The smallest absolute Gasteiger partial charge is 0.238 e. The monoisotopic (exact) mass is 440 g/mol. The lowest BCUT2D eigenvalue weighted by molar-refractivity contribution is 0.419. The maximum absolute atomic E-state index is 13.8. The van der Waals surface area contributed by atoms with Crippen LogP contribution in [-0.2, 0) is 0 Å². The van der Waals surface area contributed by atoms with E-state index >= 15 is 0 Å². The second-order valence-electron chi connectivity index (χ2n) is 7.32. The van der Waals surface area contributed by atoms with Gasteiger partial charge in [0.15, 0.2) is 11.1 Å². The minimum atomic E-state index is -0.385. The van der Waals surface area contributed by atoms with Crippen LogP contribution in [0.4, 0.5) is 0 Å². The minimum Gasteiger partial charge on any atom is -0.494 e. The Labute approximate surface area is 185 Å². The molecule has 33 heavy (non-hydrogen) atoms. The van der Waals surface area contributed by atoms with Gasteiger partial charge in [0, 0.05) is 5.56 Å². The third-order valence-corrected chi connectivity index (χ3v) is 5.39. The number of oxazole rings is 1. The highest BCUT2D eigenvalue weighted by molar-refractivity contribution is 5.85. The molecular weight excluding hydrogens is 424 g/mol. The van der Waals surface area contributed by atoms with Crippen LogP contribution in [0.3, 0.4) is 0 Å². The number of hydrogen-bond acceptors (Lipinski definition) is 8. The molecule has 4 aromatic heterocycles. The number of aryl methyl sites for hydroxylation is 1. The van der Waals surface area contributed by atoms with E-state index in [0.29, 0.717) is 28.2 Å². The van der Waals surface area contributed by atoms with Crippen molar-refractivity contribution < 1.29 is 9.15 Å². The molecule has 11 nitrogen and oxygen atoms in total. The van der Waals surface area contributed by atoms with E-state index in [9.17, 15) is 4.79 Å². The second-order valence-corrected chi connectivity index (χ2v) is 7.32. The Morgan fingerprint density at radius 3 is 2.67 bits per heavy atom. The summed E-state index contributed by atoms with van der Waals surface area (Å²) in [6.07, 6.45) is 0. The number of ether oxygens (including phenoxy) is 1. The fraction of sp³-hybridized carbons (Fsp3) is 0.0909. The Balaban J connectivity index is 1.70. The molecule has 6 rings (SSSR count). The molecule has 2 N–H and O–H groups in total. The lowest BCUT2D eigenvalue weighted by atomic mass is 10.1. The van der Waals surface area contributed by atoms with E-state index in [4.69, 9.17) is 9.15 Å². The van der Waals surface area contributed by atoms with Crippen molar-refractivity contribution in [2.75, 3.05) is 7.11 Å². The fourth-order valence-electron chi connectivity index (χ4n) is 3.95. The van der Waals surface area contributed by atoms with E-state index in [0.717, 1.165) is 11.3 Å². The number of H-pyrrole nitrogens is 2. The van der Waals surface area contributed by atoms with Gasteiger partial charge in [0.2, 0.25) is 22.8 Å². The molecule has 6 aromatic rings. The van der Waals surface area contributed by atoms with Gasteiger partial charge in [-0.15, -0.1) is 10.2 Å². The van der Waals surface area contributed by atoms with Gasteiger partial charge < -0.3 is 9.15 Å². The van der Waals surface area contributed by atoms with Crippen LogP contribution in [0, 0.1) is 6.92 Å². The molecule has 0 atom stereocenters.